The first kappa shape index (κ1) is 26.3. The van der Waals surface area contributed by atoms with Gasteiger partial charge in [-0.2, -0.15) is 8.42 Å². The molecule has 0 fully saturated rings. The van der Waals surface area contributed by atoms with Gasteiger partial charge in [-0.3, -0.25) is 4.18 Å². The fraction of sp³-hybridized carbons (Fsp3) is 0.667. The second kappa shape index (κ2) is 16.6. The molecule has 0 amide bonds. The number of benzene rings is 1. The minimum Gasteiger partial charge on any atom is -0.412 e. The maximum atomic E-state index is 11.9. The predicted molar refractivity (Wildman–Crippen MR) is 101 cm³/mol. The van der Waals surface area contributed by atoms with Crippen molar-refractivity contribution in [2.24, 2.45) is 0 Å². The monoisotopic (exact) mass is 367 g/mol. The first-order valence-electron chi connectivity index (χ1n) is 8.61. The van der Waals surface area contributed by atoms with E-state index in [1.807, 2.05) is 0 Å². The van der Waals surface area contributed by atoms with Crippen LogP contribution < -0.4 is 0 Å². The normalized spacial score (nSPS) is 10.7. The average Bonchev–Trinajstić information content (AvgIpc) is 2.53. The van der Waals surface area contributed by atoms with Crippen LogP contribution in [0.1, 0.15) is 71.1 Å². The molecule has 6 heteroatoms. The van der Waals surface area contributed by atoms with E-state index in [4.69, 9.17) is 4.18 Å². The van der Waals surface area contributed by atoms with E-state index >= 15 is 0 Å². The van der Waals surface area contributed by atoms with Crippen molar-refractivity contribution in [1.82, 2.24) is 0 Å². The summed E-state index contributed by atoms with van der Waals surface area (Å²) in [6.45, 7) is 2.52. The molecule has 4 nitrogen and oxygen atoms in total. The van der Waals surface area contributed by atoms with Gasteiger partial charge in [-0.1, -0.05) is 82.9 Å². The molecule has 1 aromatic carbocycles. The summed E-state index contributed by atoms with van der Waals surface area (Å²) in [5.41, 5.74) is 0. The van der Waals surface area contributed by atoms with Crippen LogP contribution in [0, 0.1) is 0 Å². The Balaban J connectivity index is 0. The minimum atomic E-state index is -3.57. The van der Waals surface area contributed by atoms with E-state index in [0.29, 0.717) is 0 Å². The Labute approximate surface area is 170 Å². The Morgan fingerprint density at radius 2 is 1.25 bits per heavy atom. The van der Waals surface area contributed by atoms with Crippen molar-refractivity contribution in [2.75, 3.05) is 6.61 Å². The van der Waals surface area contributed by atoms with E-state index in [-0.39, 0.29) is 46.5 Å². The summed E-state index contributed by atoms with van der Waals surface area (Å²) in [5, 5.41) is 0. The van der Waals surface area contributed by atoms with Crippen LogP contribution in [0.3, 0.4) is 0 Å². The van der Waals surface area contributed by atoms with Crippen LogP contribution in [0.4, 0.5) is 0 Å². The molecule has 135 valence electrons. The molecule has 2 N–H and O–H groups in total. The van der Waals surface area contributed by atoms with Crippen LogP contribution in [0.5, 0.6) is 0 Å². The number of unbranched alkanes of at least 4 members (excludes halogenated alkanes) is 9. The molecule has 0 spiro atoms. The van der Waals surface area contributed by atoms with Gasteiger partial charge in [-0.05, 0) is 18.6 Å². The Bertz CT molecular complexity index is 477. The van der Waals surface area contributed by atoms with Gasteiger partial charge in [0.25, 0.3) is 10.1 Å². The summed E-state index contributed by atoms with van der Waals surface area (Å²) < 4.78 is 28.8. The maximum Gasteiger partial charge on any atom is 0.296 e. The number of hydrogen-bond acceptors (Lipinski definition) is 3. The molecule has 0 aliphatic carbocycles. The quantitative estimate of drug-likeness (QED) is 0.299. The largest absolute Gasteiger partial charge is 0.412 e. The number of hydrogen-bond donors (Lipinski definition) is 0. The molecule has 0 saturated carbocycles. The van der Waals surface area contributed by atoms with E-state index in [1.54, 1.807) is 30.3 Å². The minimum absolute atomic E-state index is 0. The van der Waals surface area contributed by atoms with E-state index < -0.39 is 10.1 Å². The molecule has 0 heterocycles. The van der Waals surface area contributed by atoms with Gasteiger partial charge in [-0.15, -0.1) is 0 Å². The second-order valence-corrected chi connectivity index (χ2v) is 7.39. The Hall–Kier alpha value is 0.0900. The Morgan fingerprint density at radius 1 is 0.792 bits per heavy atom. The van der Waals surface area contributed by atoms with Crippen molar-refractivity contribution in [3.05, 3.63) is 30.3 Å². The van der Waals surface area contributed by atoms with Gasteiger partial charge in [0.1, 0.15) is 0 Å². The Kier molecular flexibility index (Phi) is 18.2. The number of rotatable bonds is 13. The first-order valence-corrected chi connectivity index (χ1v) is 10.0. The molecule has 1 rings (SSSR count). The van der Waals surface area contributed by atoms with Crippen molar-refractivity contribution in [3.8, 4) is 0 Å². The van der Waals surface area contributed by atoms with Crippen molar-refractivity contribution in [1.29, 1.82) is 0 Å². The zero-order valence-corrected chi connectivity index (χ0v) is 18.1. The predicted octanol–water partition coefficient (Wildman–Crippen LogP) is 4.11. The molecule has 0 saturated heterocycles. The van der Waals surface area contributed by atoms with Gasteiger partial charge >= 0.3 is 0 Å². The van der Waals surface area contributed by atoms with Crippen molar-refractivity contribution in [3.63, 3.8) is 0 Å². The molecule has 24 heavy (non-hydrogen) atoms. The third-order valence-electron chi connectivity index (χ3n) is 3.77. The van der Waals surface area contributed by atoms with Crippen LogP contribution in [-0.4, -0.2) is 50.1 Å². The third-order valence-corrected chi connectivity index (χ3v) is 5.09. The van der Waals surface area contributed by atoms with E-state index in [9.17, 15) is 8.42 Å². The molecular weight excluding hydrogens is 335 g/mol. The summed E-state index contributed by atoms with van der Waals surface area (Å²) in [7, 11) is -3.57. The SMILES string of the molecule is CCCCCCCCCCCCOS(=O)(=O)c1ccccc1.O.[Na]. The van der Waals surface area contributed by atoms with Crippen LogP contribution >= 0.6 is 0 Å². The van der Waals surface area contributed by atoms with Crippen molar-refractivity contribution < 1.29 is 18.1 Å². The second-order valence-electron chi connectivity index (χ2n) is 5.77. The van der Waals surface area contributed by atoms with Gasteiger partial charge in [-0.25, -0.2) is 0 Å². The molecule has 0 aromatic heterocycles. The molecular formula is C18H32NaO4S. The van der Waals surface area contributed by atoms with Crippen LogP contribution in [0.2, 0.25) is 0 Å². The zero-order valence-electron chi connectivity index (χ0n) is 15.3. The smallest absolute Gasteiger partial charge is 0.296 e. The standard InChI is InChI=1S/C18H30O3S.Na.H2O/c1-2-3-4-5-6-7-8-9-10-14-17-21-22(19,20)18-15-12-11-13-16-18;;/h11-13,15-16H,2-10,14,17H2,1H3;;1H2. The summed E-state index contributed by atoms with van der Waals surface area (Å²) in [5.74, 6) is 0. The molecule has 0 aliphatic heterocycles. The van der Waals surface area contributed by atoms with Gasteiger partial charge < -0.3 is 5.48 Å². The third kappa shape index (κ3) is 12.5. The van der Waals surface area contributed by atoms with Gasteiger partial charge in [0, 0.05) is 29.6 Å². The van der Waals surface area contributed by atoms with E-state index in [0.717, 1.165) is 12.8 Å². The van der Waals surface area contributed by atoms with Crippen LogP contribution in [-0.2, 0) is 14.3 Å². The fourth-order valence-corrected chi connectivity index (χ4v) is 3.38. The molecule has 1 aromatic rings. The Morgan fingerprint density at radius 3 is 1.75 bits per heavy atom. The van der Waals surface area contributed by atoms with Crippen LogP contribution in [0.25, 0.3) is 0 Å². The topological polar surface area (TPSA) is 74.9 Å². The van der Waals surface area contributed by atoms with E-state index in [2.05, 4.69) is 6.92 Å². The summed E-state index contributed by atoms with van der Waals surface area (Å²) in [6, 6.07) is 8.33. The van der Waals surface area contributed by atoms with Crippen molar-refractivity contribution in [2.45, 2.75) is 76.0 Å². The van der Waals surface area contributed by atoms with Gasteiger partial charge in [0.2, 0.25) is 0 Å². The fourth-order valence-electron chi connectivity index (χ4n) is 2.41. The molecule has 0 aliphatic rings. The average molecular weight is 368 g/mol. The van der Waals surface area contributed by atoms with Crippen molar-refractivity contribution >= 4 is 39.7 Å². The van der Waals surface area contributed by atoms with Crippen LogP contribution in [0.15, 0.2) is 35.2 Å². The maximum absolute atomic E-state index is 11.9. The van der Waals surface area contributed by atoms with E-state index in [1.165, 1.54) is 51.4 Å². The van der Waals surface area contributed by atoms with Gasteiger partial charge in [0.05, 0.1) is 11.5 Å². The first-order chi connectivity index (χ1) is 10.7. The summed E-state index contributed by atoms with van der Waals surface area (Å²) in [4.78, 5) is 0.238. The molecule has 0 unspecified atom stereocenters. The zero-order chi connectivity index (χ0) is 16.1. The van der Waals surface area contributed by atoms with Gasteiger partial charge in [0.15, 0.2) is 0 Å². The molecule has 1 radical (unpaired) electrons. The summed E-state index contributed by atoms with van der Waals surface area (Å²) in [6.07, 6.45) is 12.3. The molecule has 0 bridgehead atoms. The summed E-state index contributed by atoms with van der Waals surface area (Å²) >= 11 is 0. The molecule has 0 atom stereocenters.